The van der Waals surface area contributed by atoms with Crippen LogP contribution in [0.15, 0.2) is 228 Å². The van der Waals surface area contributed by atoms with Gasteiger partial charge in [0.2, 0.25) is 0 Å². The Morgan fingerprint density at radius 2 is 0.986 bits per heavy atom. The number of furan rings is 1. The maximum atomic E-state index is 10.6. The van der Waals surface area contributed by atoms with Crippen LogP contribution in [0.2, 0.25) is 0 Å². The maximum Gasteiger partial charge on any atom is 0.143 e. The molecule has 2 unspecified atom stereocenters. The second-order valence-electron chi connectivity index (χ2n) is 15.5. The monoisotopic (exact) mass is 913 g/mol. The van der Waals surface area contributed by atoms with Gasteiger partial charge in [-0.2, -0.15) is 0 Å². The van der Waals surface area contributed by atoms with Gasteiger partial charge >= 0.3 is 0 Å². The highest BCUT2D eigenvalue weighted by Crippen LogP contribution is 2.54. The van der Waals surface area contributed by atoms with Crippen LogP contribution in [-0.2, 0) is 6.40 Å². The molecule has 0 saturated carbocycles. The highest BCUT2D eigenvalue weighted by Gasteiger charge is 2.30. The first kappa shape index (κ1) is 18.3. The van der Waals surface area contributed by atoms with Crippen LogP contribution in [-0.4, -0.2) is 9.97 Å². The molecule has 14 rings (SSSR count). The fourth-order valence-corrected chi connectivity index (χ4v) is 8.84. The van der Waals surface area contributed by atoms with Crippen molar-refractivity contribution in [2.75, 3.05) is 0 Å². The van der Waals surface area contributed by atoms with Gasteiger partial charge in [-0.1, -0.05) is 212 Å². The van der Waals surface area contributed by atoms with Crippen molar-refractivity contribution < 1.29 is 51.0 Å². The lowest BCUT2D eigenvalue weighted by Gasteiger charge is -2.19. The molecule has 13 aromatic rings. The summed E-state index contributed by atoms with van der Waals surface area (Å²) in [7, 11) is 0. The van der Waals surface area contributed by atoms with Crippen LogP contribution in [0.5, 0.6) is 0 Å². The molecule has 10 aromatic carbocycles. The molecular formula is C66H42N2O. The molecular weight excluding hydrogens is 837 g/mol. The van der Waals surface area contributed by atoms with Gasteiger partial charge in [-0.05, 0) is 101 Å². The van der Waals surface area contributed by atoms with E-state index in [1.165, 1.54) is 36.4 Å². The van der Waals surface area contributed by atoms with Crippen molar-refractivity contribution in [1.29, 1.82) is 0 Å². The molecule has 1 aliphatic carbocycles. The van der Waals surface area contributed by atoms with Crippen LogP contribution in [0.3, 0.4) is 0 Å². The Morgan fingerprint density at radius 3 is 1.74 bits per heavy atom. The number of aromatic nitrogens is 2. The summed E-state index contributed by atoms with van der Waals surface area (Å²) >= 11 is 0. The van der Waals surface area contributed by atoms with Crippen molar-refractivity contribution in [3.05, 3.63) is 235 Å². The second kappa shape index (κ2) is 15.9. The highest BCUT2D eigenvalue weighted by atomic mass is 16.3. The predicted molar refractivity (Wildman–Crippen MR) is 289 cm³/mol. The second-order valence-corrected chi connectivity index (χ2v) is 15.5. The smallest absolute Gasteiger partial charge is 0.143 e. The lowest BCUT2D eigenvalue weighted by atomic mass is 9.82. The zero-order valence-corrected chi connectivity index (χ0v) is 34.9. The third kappa shape index (κ3) is 6.28. The lowest BCUT2D eigenvalue weighted by molar-refractivity contribution is 0.600. The highest BCUT2D eigenvalue weighted by molar-refractivity contribution is 6.17. The Kier molecular flexibility index (Phi) is 4.21. The number of rotatable bonds is 6. The molecule has 322 valence electrons. The third-order valence-corrected chi connectivity index (χ3v) is 11.8. The minimum absolute atomic E-state index is 0.0430. The maximum absolute atomic E-state index is 10.6. The van der Waals surface area contributed by atoms with E-state index in [9.17, 15) is 30.2 Å². The zero-order valence-electron chi connectivity index (χ0n) is 68.9. The van der Waals surface area contributed by atoms with E-state index in [0.29, 0.717) is 0 Å². The zero-order chi connectivity index (χ0) is 75.0. The molecule has 0 bridgehead atoms. The first-order chi connectivity index (χ1) is 48.4. The summed E-state index contributed by atoms with van der Waals surface area (Å²) in [6.45, 7) is 0. The summed E-state index contributed by atoms with van der Waals surface area (Å²) in [5.41, 5.74) is -8.60. The first-order valence-electron chi connectivity index (χ1n) is 38.1. The standard InChI is InChI=1S/C66H42N2O/c1-4-22-46-41(15-1)18-11-29-56(46)61-62(66(59-31-13-20-43-17-3-6-24-48(43)59)69-65(61)58-30-12-19-42-16-2-5-23-47(42)58)57-38-36-54(50-26-8-10-28-52(50)57)53-35-37-55(51-27-9-7-25-49(51)53)60-39-34-45-33-32-44-21-14-40-67-63(44)64(45)68-60/h1-3,5-21,23-40H,4,22H2/i1D,2D,3D,4D,5D,6D,8D,10D,11D,12D,13D,14D,15D,16D,17D,18D,19D,20D,21D,22D,23D,24D,26D,28D,29D,30D,31D,32D,33D,34D,36D,38D,39D,40D. The van der Waals surface area contributed by atoms with E-state index in [-0.39, 0.29) is 49.4 Å². The topological polar surface area (TPSA) is 38.9 Å². The SMILES string of the molecule is [2H]C1=C([2H])C([2H])C([2H])c2c1c([2H])c([2H])c([2H])c2-c1c(-c2c([2H])c([2H])c([2H])c3c([2H])c([2H])c([2H])c([2H])c23)oc(-c2c([2H])c([2H])c([2H])c3c([2H])c([2H])c([2H])c([2H])c23)c1-c1c([2H])c([2H])c(-c2ccc(-c3nc4c(c([2H])c3[2H])c([2H])c([2H])c3c([2H])c([2H])c([2H])nc34)c3ccccc23)c2c([2H])c([2H])c([2H])c([2H])c12. The molecule has 0 N–H and O–H groups in total. The molecule has 1 aliphatic rings. The van der Waals surface area contributed by atoms with E-state index < -0.39 is 300 Å². The summed E-state index contributed by atoms with van der Waals surface area (Å²) in [4.78, 5) is 8.87. The fraction of sp³-hybridized carbons (Fsp3) is 0.0303. The first-order valence-corrected chi connectivity index (χ1v) is 21.0. The van der Waals surface area contributed by atoms with Gasteiger partial charge < -0.3 is 4.42 Å². The van der Waals surface area contributed by atoms with Crippen LogP contribution in [0.4, 0.5) is 0 Å². The quantitative estimate of drug-likeness (QED) is 0.156. The van der Waals surface area contributed by atoms with Gasteiger partial charge in [0.15, 0.2) is 0 Å². The summed E-state index contributed by atoms with van der Waals surface area (Å²) in [5, 5.41) is -5.12. The van der Waals surface area contributed by atoms with Gasteiger partial charge in [0.1, 0.15) is 11.5 Å². The number of hydrogen-bond acceptors (Lipinski definition) is 3. The number of benzene rings is 10. The summed E-state index contributed by atoms with van der Waals surface area (Å²) in [6, 6.07) is -20.8. The molecule has 0 fully saturated rings. The normalized spacial score (nSPS) is 21.8. The van der Waals surface area contributed by atoms with Gasteiger partial charge in [0, 0.05) is 47.5 Å². The molecule has 69 heavy (non-hydrogen) atoms. The number of pyridine rings is 2. The van der Waals surface area contributed by atoms with E-state index in [0.717, 1.165) is 0 Å². The summed E-state index contributed by atoms with van der Waals surface area (Å²) < 4.78 is 324. The van der Waals surface area contributed by atoms with Crippen molar-refractivity contribution in [3.8, 4) is 67.3 Å². The molecule has 3 heterocycles. The molecule has 3 heteroatoms. The molecule has 0 aliphatic heterocycles. The minimum atomic E-state index is -2.21. The molecule has 0 spiro atoms. The van der Waals surface area contributed by atoms with Gasteiger partial charge in [-0.3, -0.25) is 4.98 Å². The Bertz CT molecular complexity index is 6250. The average molecular weight is 913 g/mol. The van der Waals surface area contributed by atoms with Gasteiger partial charge in [0.25, 0.3) is 0 Å². The summed E-state index contributed by atoms with van der Waals surface area (Å²) in [5.74, 6) is -2.17. The average Bonchev–Trinajstić information content (AvgIpc) is 1.60. The van der Waals surface area contributed by atoms with E-state index in [2.05, 4.69) is 4.98 Å². The Hall–Kier alpha value is -8.92. The molecule has 3 aromatic heterocycles. The summed E-state index contributed by atoms with van der Waals surface area (Å²) in [6.07, 6.45) is -5.01. The number of allylic oxidation sites excluding steroid dienone is 1. The molecule has 0 saturated heterocycles. The van der Waals surface area contributed by atoms with Crippen molar-refractivity contribution in [3.63, 3.8) is 0 Å². The van der Waals surface area contributed by atoms with Crippen LogP contribution in [0, 0.1) is 0 Å². The predicted octanol–water partition coefficient (Wildman–Crippen LogP) is 18.0. The molecule has 0 amide bonds. The van der Waals surface area contributed by atoms with Gasteiger partial charge in [-0.15, -0.1) is 0 Å². The van der Waals surface area contributed by atoms with E-state index in [1.54, 1.807) is 0 Å². The third-order valence-electron chi connectivity index (χ3n) is 11.8. The number of nitrogens with zero attached hydrogens (tertiary/aromatic N) is 2. The molecule has 3 nitrogen and oxygen atoms in total. The van der Waals surface area contributed by atoms with E-state index in [4.69, 9.17) is 25.9 Å². The minimum Gasteiger partial charge on any atom is -0.455 e. The van der Waals surface area contributed by atoms with Gasteiger partial charge in [-0.25, -0.2) is 4.98 Å². The van der Waals surface area contributed by atoms with Crippen LogP contribution in [0.25, 0.3) is 138 Å². The Balaban J connectivity index is 1.24. The van der Waals surface area contributed by atoms with E-state index >= 15 is 0 Å². The van der Waals surface area contributed by atoms with Crippen LogP contribution < -0.4 is 0 Å². The Labute approximate surface area is 447 Å². The van der Waals surface area contributed by atoms with Crippen molar-refractivity contribution in [1.82, 2.24) is 9.97 Å². The largest absolute Gasteiger partial charge is 0.455 e. The van der Waals surface area contributed by atoms with Crippen molar-refractivity contribution >= 4 is 70.9 Å². The molecule has 0 radical (unpaired) electrons. The van der Waals surface area contributed by atoms with Crippen LogP contribution in [0.1, 0.15) is 64.1 Å². The number of hydrogen-bond donors (Lipinski definition) is 0. The Morgan fingerprint density at radius 1 is 0.420 bits per heavy atom. The number of fused-ring (bicyclic) bond motifs is 8. The van der Waals surface area contributed by atoms with Gasteiger partial charge in [0.05, 0.1) is 60.6 Å². The lowest BCUT2D eigenvalue weighted by Crippen LogP contribution is -1.99. The van der Waals surface area contributed by atoms with E-state index in [1.807, 2.05) is 0 Å². The fourth-order valence-electron chi connectivity index (χ4n) is 8.84. The molecule has 2 atom stereocenters. The van der Waals surface area contributed by atoms with Crippen molar-refractivity contribution in [2.45, 2.75) is 12.8 Å². The van der Waals surface area contributed by atoms with Crippen LogP contribution >= 0.6 is 0 Å². The van der Waals surface area contributed by atoms with Crippen molar-refractivity contribution in [2.24, 2.45) is 0 Å².